The van der Waals surface area contributed by atoms with Gasteiger partial charge in [-0.25, -0.2) is 0 Å². The van der Waals surface area contributed by atoms with Crippen molar-refractivity contribution in [2.45, 2.75) is 32.7 Å². The van der Waals surface area contributed by atoms with E-state index in [2.05, 4.69) is 0 Å². The van der Waals surface area contributed by atoms with Crippen molar-refractivity contribution in [2.75, 3.05) is 13.2 Å². The summed E-state index contributed by atoms with van der Waals surface area (Å²) in [5.41, 5.74) is 0. The molecule has 1 N–H and O–H groups in total. The number of aliphatic hydroxyl groups excluding tert-OH is 1. The second-order valence-corrected chi connectivity index (χ2v) is 3.49. The molecule has 0 aromatic heterocycles. The predicted molar refractivity (Wildman–Crippen MR) is 50.3 cm³/mol. The van der Waals surface area contributed by atoms with E-state index in [0.717, 1.165) is 6.42 Å². The van der Waals surface area contributed by atoms with Crippen molar-refractivity contribution in [2.24, 2.45) is 5.92 Å². The van der Waals surface area contributed by atoms with Gasteiger partial charge in [0, 0.05) is 0 Å². The molecule has 0 aliphatic carbocycles. The number of rotatable bonds is 4. The fraction of sp³-hybridized carbons (Fsp3) is 0.800. The molecule has 3 nitrogen and oxygen atoms in total. The maximum atomic E-state index is 9.22. The average Bonchev–Trinajstić information content (AvgIpc) is 2.56. The average molecular weight is 186 g/mol. The lowest BCUT2D eigenvalue weighted by molar-refractivity contribution is -0.00188. The quantitative estimate of drug-likeness (QED) is 0.673. The molecule has 1 saturated heterocycles. The summed E-state index contributed by atoms with van der Waals surface area (Å²) < 4.78 is 10.4. The van der Waals surface area contributed by atoms with Crippen LogP contribution in [0.1, 0.15) is 20.3 Å². The van der Waals surface area contributed by atoms with E-state index in [1.807, 2.05) is 19.1 Å². The summed E-state index contributed by atoms with van der Waals surface area (Å²) in [5.74, 6) is 0.289. The van der Waals surface area contributed by atoms with E-state index in [9.17, 15) is 5.11 Å². The zero-order valence-corrected chi connectivity index (χ0v) is 8.27. The summed E-state index contributed by atoms with van der Waals surface area (Å²) >= 11 is 0. The van der Waals surface area contributed by atoms with Crippen LogP contribution in [0.5, 0.6) is 0 Å². The lowest BCUT2D eigenvalue weighted by Crippen LogP contribution is -2.12. The van der Waals surface area contributed by atoms with Gasteiger partial charge in [0.05, 0.1) is 19.3 Å². The molecule has 0 spiro atoms. The van der Waals surface area contributed by atoms with Crippen LogP contribution in [-0.2, 0) is 9.47 Å². The van der Waals surface area contributed by atoms with E-state index in [1.165, 1.54) is 0 Å². The van der Waals surface area contributed by atoms with Crippen LogP contribution in [0.4, 0.5) is 0 Å². The number of allylic oxidation sites excluding steroid dienone is 1. The summed E-state index contributed by atoms with van der Waals surface area (Å²) in [5, 5.41) is 9.22. The summed E-state index contributed by atoms with van der Waals surface area (Å²) in [4.78, 5) is 0. The molecule has 0 bridgehead atoms. The Labute approximate surface area is 79.3 Å². The molecule has 2 unspecified atom stereocenters. The molecule has 0 aromatic rings. The fourth-order valence-corrected chi connectivity index (χ4v) is 1.09. The molecule has 1 aliphatic rings. The van der Waals surface area contributed by atoms with Gasteiger partial charge in [-0.05, 0) is 25.3 Å². The van der Waals surface area contributed by atoms with Gasteiger partial charge in [-0.2, -0.15) is 0 Å². The first kappa shape index (κ1) is 10.7. The Balaban J connectivity index is 2.16. The van der Waals surface area contributed by atoms with E-state index in [4.69, 9.17) is 9.47 Å². The minimum absolute atomic E-state index is 0.166. The maximum absolute atomic E-state index is 9.22. The van der Waals surface area contributed by atoms with Crippen LogP contribution in [-0.4, -0.2) is 30.7 Å². The number of hydrogen-bond acceptors (Lipinski definition) is 3. The Hall–Kier alpha value is -0.380. The third-order valence-electron chi connectivity index (χ3n) is 2.27. The van der Waals surface area contributed by atoms with Gasteiger partial charge in [-0.3, -0.25) is 0 Å². The van der Waals surface area contributed by atoms with Crippen molar-refractivity contribution in [1.82, 2.24) is 0 Å². The molecule has 0 amide bonds. The van der Waals surface area contributed by atoms with Gasteiger partial charge in [0.15, 0.2) is 6.29 Å². The summed E-state index contributed by atoms with van der Waals surface area (Å²) in [7, 11) is 0. The monoisotopic (exact) mass is 186 g/mol. The smallest absolute Gasteiger partial charge is 0.177 e. The molecule has 13 heavy (non-hydrogen) atoms. The normalized spacial score (nSPS) is 23.9. The van der Waals surface area contributed by atoms with Crippen LogP contribution in [0.25, 0.3) is 0 Å². The highest BCUT2D eigenvalue weighted by molar-refractivity contribution is 4.88. The molecule has 0 radical (unpaired) electrons. The maximum Gasteiger partial charge on any atom is 0.177 e. The van der Waals surface area contributed by atoms with Crippen molar-refractivity contribution in [3.63, 3.8) is 0 Å². The number of hydrogen-bond donors (Lipinski definition) is 1. The Bertz CT molecular complexity index is 160. The third-order valence-corrected chi connectivity index (χ3v) is 2.27. The zero-order chi connectivity index (χ0) is 9.68. The second-order valence-electron chi connectivity index (χ2n) is 3.49. The van der Waals surface area contributed by atoms with E-state index < -0.39 is 0 Å². The molecule has 0 aromatic carbocycles. The molecule has 1 aliphatic heterocycles. The molecule has 1 fully saturated rings. The first-order chi connectivity index (χ1) is 6.20. The van der Waals surface area contributed by atoms with Crippen LogP contribution in [0, 0.1) is 5.92 Å². The van der Waals surface area contributed by atoms with Gasteiger partial charge in [0.1, 0.15) is 0 Å². The van der Waals surface area contributed by atoms with Crippen LogP contribution in [0.2, 0.25) is 0 Å². The van der Waals surface area contributed by atoms with E-state index in [-0.39, 0.29) is 18.3 Å². The molecular formula is C10H18O3. The lowest BCUT2D eigenvalue weighted by atomic mass is 10.0. The minimum atomic E-state index is -0.255. The standard InChI is InChI=1S/C10H18O3/c1-8(9(2)11)4-3-5-10-12-6-7-13-10/h3,5,8-11H,4,6-7H2,1-2H3. The molecular weight excluding hydrogens is 168 g/mol. The molecule has 1 heterocycles. The number of ether oxygens (including phenoxy) is 2. The first-order valence-electron chi connectivity index (χ1n) is 4.78. The van der Waals surface area contributed by atoms with Crippen molar-refractivity contribution in [3.8, 4) is 0 Å². The highest BCUT2D eigenvalue weighted by atomic mass is 16.7. The van der Waals surface area contributed by atoms with Crippen molar-refractivity contribution < 1.29 is 14.6 Å². The third kappa shape index (κ3) is 3.89. The predicted octanol–water partition coefficient (Wildman–Crippen LogP) is 1.32. The van der Waals surface area contributed by atoms with Gasteiger partial charge in [-0.15, -0.1) is 0 Å². The van der Waals surface area contributed by atoms with Crippen LogP contribution < -0.4 is 0 Å². The highest BCUT2D eigenvalue weighted by Gasteiger charge is 2.12. The van der Waals surface area contributed by atoms with E-state index in [0.29, 0.717) is 13.2 Å². The second kappa shape index (κ2) is 5.37. The van der Waals surface area contributed by atoms with Gasteiger partial charge >= 0.3 is 0 Å². The highest BCUT2D eigenvalue weighted by Crippen LogP contribution is 2.10. The van der Waals surface area contributed by atoms with Gasteiger partial charge in [-0.1, -0.05) is 13.0 Å². The van der Waals surface area contributed by atoms with E-state index in [1.54, 1.807) is 6.92 Å². The Morgan fingerprint density at radius 3 is 2.54 bits per heavy atom. The fourth-order valence-electron chi connectivity index (χ4n) is 1.09. The van der Waals surface area contributed by atoms with Crippen LogP contribution >= 0.6 is 0 Å². The summed E-state index contributed by atoms with van der Waals surface area (Å²) in [6.07, 6.45) is 4.36. The molecule has 0 saturated carbocycles. The summed E-state index contributed by atoms with van der Waals surface area (Å²) in [6.45, 7) is 5.19. The molecule has 1 rings (SSSR count). The Morgan fingerprint density at radius 1 is 1.38 bits per heavy atom. The van der Waals surface area contributed by atoms with Gasteiger partial charge in [0.25, 0.3) is 0 Å². The molecule has 3 heteroatoms. The minimum Gasteiger partial charge on any atom is -0.393 e. The van der Waals surface area contributed by atoms with E-state index >= 15 is 0 Å². The van der Waals surface area contributed by atoms with Gasteiger partial charge < -0.3 is 14.6 Å². The Morgan fingerprint density at radius 2 is 2.00 bits per heavy atom. The lowest BCUT2D eigenvalue weighted by Gasteiger charge is -2.11. The molecule has 2 atom stereocenters. The Kier molecular flexibility index (Phi) is 4.42. The SMILES string of the molecule is CC(O)C(C)CC=CC1OCCO1. The van der Waals surface area contributed by atoms with Crippen LogP contribution in [0.3, 0.4) is 0 Å². The zero-order valence-electron chi connectivity index (χ0n) is 8.27. The van der Waals surface area contributed by atoms with Crippen LogP contribution in [0.15, 0.2) is 12.2 Å². The van der Waals surface area contributed by atoms with Gasteiger partial charge in [0.2, 0.25) is 0 Å². The molecule has 76 valence electrons. The largest absolute Gasteiger partial charge is 0.393 e. The van der Waals surface area contributed by atoms with Crippen molar-refractivity contribution in [1.29, 1.82) is 0 Å². The first-order valence-corrected chi connectivity index (χ1v) is 4.78. The number of aliphatic hydroxyl groups is 1. The summed E-state index contributed by atoms with van der Waals surface area (Å²) in [6, 6.07) is 0. The topological polar surface area (TPSA) is 38.7 Å². The van der Waals surface area contributed by atoms with Crippen molar-refractivity contribution in [3.05, 3.63) is 12.2 Å². The van der Waals surface area contributed by atoms with Crippen molar-refractivity contribution >= 4 is 0 Å².